The molecule has 13 atom stereocenters. The Bertz CT molecular complexity index is 1220. The second-order valence-electron chi connectivity index (χ2n) is 12.1. The van der Waals surface area contributed by atoms with Crippen molar-refractivity contribution < 1.29 is 68.7 Å². The summed E-state index contributed by atoms with van der Waals surface area (Å²) in [7, 11) is 0. The summed E-state index contributed by atoms with van der Waals surface area (Å²) in [5.74, 6) is -1.18. The molecule has 2 fully saturated rings. The second-order valence-corrected chi connectivity index (χ2v) is 12.1. The molecule has 0 bridgehead atoms. The molecule has 0 saturated carbocycles. The summed E-state index contributed by atoms with van der Waals surface area (Å²) in [5.41, 5.74) is 5.92. The molecule has 268 valence electrons. The number of carbonyl (C=O) groups is 3. The van der Waals surface area contributed by atoms with E-state index in [4.69, 9.17) is 29.4 Å². The maximum Gasteiger partial charge on any atom is 0.506 e. The summed E-state index contributed by atoms with van der Waals surface area (Å²) in [6, 6.07) is -1.11. The monoisotopic (exact) mass is 681 g/mol. The number of fused-ring (bicyclic) bond motifs is 1. The zero-order valence-electron chi connectivity index (χ0n) is 26.8. The number of epoxide rings is 1. The lowest BCUT2D eigenvalue weighted by molar-refractivity contribution is -0.278. The third-order valence-electron chi connectivity index (χ3n) is 7.93. The van der Waals surface area contributed by atoms with Crippen molar-refractivity contribution in [2.45, 2.75) is 125 Å². The highest BCUT2D eigenvalue weighted by Crippen LogP contribution is 2.29. The quantitative estimate of drug-likeness (QED) is 0.157. The highest BCUT2D eigenvalue weighted by Gasteiger charge is 2.43. The average Bonchev–Trinajstić information content (AvgIpc) is 3.75. The van der Waals surface area contributed by atoms with Gasteiger partial charge in [-0.3, -0.25) is 4.79 Å². The summed E-state index contributed by atoms with van der Waals surface area (Å²) < 4.78 is 27.0. The molecule has 8 unspecified atom stereocenters. The van der Waals surface area contributed by atoms with E-state index in [9.17, 15) is 45.0 Å². The van der Waals surface area contributed by atoms with Crippen molar-refractivity contribution >= 4 is 17.9 Å². The first-order valence-electron chi connectivity index (χ1n) is 15.8. The van der Waals surface area contributed by atoms with E-state index in [0.717, 1.165) is 0 Å². The molecule has 15 heteroatoms. The molecule has 3 aliphatic rings. The van der Waals surface area contributed by atoms with Gasteiger partial charge in [-0.15, -0.1) is 0 Å². The fraction of sp³-hybridized carbons (Fsp3) is 0.606. The van der Waals surface area contributed by atoms with Crippen LogP contribution in [0.4, 0.5) is 4.79 Å². The summed E-state index contributed by atoms with van der Waals surface area (Å²) in [5, 5.41) is 62.3. The predicted molar refractivity (Wildman–Crippen MR) is 168 cm³/mol. The van der Waals surface area contributed by atoms with E-state index in [0.29, 0.717) is 6.42 Å². The molecule has 0 aromatic carbocycles. The van der Waals surface area contributed by atoms with Crippen molar-refractivity contribution in [3.8, 4) is 0 Å². The topological polar surface area (TPSA) is 248 Å². The van der Waals surface area contributed by atoms with Gasteiger partial charge in [-0.1, -0.05) is 48.6 Å². The lowest BCUT2D eigenvalue weighted by atomic mass is 9.95. The zero-order valence-corrected chi connectivity index (χ0v) is 26.8. The number of Topliss-reactive ketones (excluding diaryl/α,β-unsaturated/α-hetero) is 1. The summed E-state index contributed by atoms with van der Waals surface area (Å²) in [6.45, 7) is 3.28. The Morgan fingerprint density at radius 2 is 1.56 bits per heavy atom. The normalized spacial score (nSPS) is 39.4. The zero-order chi connectivity index (χ0) is 35.4. The SMILES string of the molecule is CC1CC=CC=CC=CC=CC(O[C@@H]2O[C@H](C)[C@@H](O)[C@H](N)[C@@H]2O)CC(O)C(OC(=O)O)C(O)CC(=O)CC(O)CC2OC2C=CC(=O)O1. The van der Waals surface area contributed by atoms with Crippen molar-refractivity contribution in [3.05, 3.63) is 60.8 Å². The van der Waals surface area contributed by atoms with Crippen LogP contribution in [0.25, 0.3) is 0 Å². The van der Waals surface area contributed by atoms with Gasteiger partial charge < -0.3 is 60.1 Å². The molecule has 15 nitrogen and oxygen atoms in total. The molecule has 0 aromatic heterocycles. The number of hydrogen-bond acceptors (Lipinski definition) is 14. The lowest BCUT2D eigenvalue weighted by Gasteiger charge is -2.41. The van der Waals surface area contributed by atoms with Crippen LogP contribution in [0.5, 0.6) is 0 Å². The third kappa shape index (κ3) is 13.0. The Kier molecular flexibility index (Phi) is 15.6. The average molecular weight is 682 g/mol. The van der Waals surface area contributed by atoms with Gasteiger partial charge in [-0.05, 0) is 19.9 Å². The minimum Gasteiger partial charge on any atom is -0.459 e. The van der Waals surface area contributed by atoms with Crippen molar-refractivity contribution in [2.75, 3.05) is 0 Å². The first kappa shape index (κ1) is 39.2. The van der Waals surface area contributed by atoms with Crippen LogP contribution in [0.15, 0.2) is 60.8 Å². The molecule has 48 heavy (non-hydrogen) atoms. The number of hydrogen-bond donors (Lipinski definition) is 7. The molecule has 3 rings (SSSR count). The third-order valence-corrected chi connectivity index (χ3v) is 7.93. The highest BCUT2D eigenvalue weighted by molar-refractivity contribution is 5.82. The molecule has 2 saturated heterocycles. The Labute approximate surface area is 278 Å². The van der Waals surface area contributed by atoms with Crippen LogP contribution in [0.1, 0.15) is 46.0 Å². The predicted octanol–water partition coefficient (Wildman–Crippen LogP) is 0.325. The number of esters is 1. The number of allylic oxidation sites excluding steroid dienone is 6. The van der Waals surface area contributed by atoms with E-state index in [1.54, 1.807) is 43.4 Å². The fourth-order valence-corrected chi connectivity index (χ4v) is 5.25. The fourth-order valence-electron chi connectivity index (χ4n) is 5.25. The van der Waals surface area contributed by atoms with Gasteiger partial charge in [0, 0.05) is 38.2 Å². The van der Waals surface area contributed by atoms with Gasteiger partial charge >= 0.3 is 12.1 Å². The largest absolute Gasteiger partial charge is 0.506 e. The number of carboxylic acid groups (broad SMARTS) is 1. The van der Waals surface area contributed by atoms with E-state index < -0.39 is 104 Å². The van der Waals surface area contributed by atoms with Crippen LogP contribution in [0.3, 0.4) is 0 Å². The highest BCUT2D eigenvalue weighted by atomic mass is 16.7. The van der Waals surface area contributed by atoms with E-state index in [1.807, 2.05) is 6.08 Å². The van der Waals surface area contributed by atoms with E-state index in [2.05, 4.69) is 0 Å². The first-order chi connectivity index (χ1) is 22.7. The molecule has 3 aliphatic heterocycles. The number of aliphatic hydroxyl groups excluding tert-OH is 5. The van der Waals surface area contributed by atoms with Gasteiger partial charge in [0.15, 0.2) is 12.4 Å². The number of aliphatic hydroxyl groups is 5. The summed E-state index contributed by atoms with van der Waals surface area (Å²) >= 11 is 0. The molecule has 0 aliphatic carbocycles. The Balaban J connectivity index is 1.81. The van der Waals surface area contributed by atoms with Gasteiger partial charge in [-0.25, -0.2) is 9.59 Å². The maximum atomic E-state index is 12.7. The van der Waals surface area contributed by atoms with Crippen molar-refractivity contribution in [1.82, 2.24) is 0 Å². The van der Waals surface area contributed by atoms with Crippen LogP contribution in [0, 0.1) is 0 Å². The second kappa shape index (κ2) is 19.1. The molecule has 0 radical (unpaired) electrons. The maximum absolute atomic E-state index is 12.7. The van der Waals surface area contributed by atoms with Crippen molar-refractivity contribution in [2.24, 2.45) is 5.73 Å². The summed E-state index contributed by atoms with van der Waals surface area (Å²) in [4.78, 5) is 36.3. The molecule has 0 amide bonds. The number of nitrogens with two attached hydrogens (primary N) is 1. The van der Waals surface area contributed by atoms with Crippen LogP contribution in [0.2, 0.25) is 0 Å². The van der Waals surface area contributed by atoms with Crippen LogP contribution in [-0.4, -0.2) is 128 Å². The van der Waals surface area contributed by atoms with Crippen LogP contribution in [-0.2, 0) is 33.3 Å². The van der Waals surface area contributed by atoms with Gasteiger partial charge in [0.2, 0.25) is 0 Å². The lowest BCUT2D eigenvalue weighted by Crippen LogP contribution is -2.61. The Morgan fingerprint density at radius 1 is 0.875 bits per heavy atom. The molecule has 0 aromatic rings. The van der Waals surface area contributed by atoms with Crippen molar-refractivity contribution in [3.63, 3.8) is 0 Å². The number of carbonyl (C=O) groups excluding carboxylic acids is 2. The Morgan fingerprint density at radius 3 is 2.27 bits per heavy atom. The number of ether oxygens (including phenoxy) is 5. The minimum atomic E-state index is -1.81. The Hall–Kier alpha value is -3.25. The van der Waals surface area contributed by atoms with Gasteiger partial charge in [0.1, 0.15) is 30.2 Å². The minimum absolute atomic E-state index is 0.0620. The van der Waals surface area contributed by atoms with E-state index in [-0.39, 0.29) is 18.9 Å². The number of ketones is 1. The standard InChI is InChI=1S/C33H47NO14/c1-18-10-8-6-4-3-5-7-9-11-22(46-32-30(41)28(34)29(40)19(2)45-32)17-24(38)31(48-33(42)43)23(37)15-20(35)14-21(36)16-26-25(47-26)12-13-27(39)44-18/h3-9,11-13,18-19,21-26,28-32,36-38,40-41H,10,14-17,34H2,1-2H3,(H,42,43)/t18?,19-,21?,22?,23?,24?,25?,26?,28+,29-,30+,31?,32+/m1/s1. The van der Waals surface area contributed by atoms with Gasteiger partial charge in [0.05, 0.1) is 42.7 Å². The molecule has 3 heterocycles. The van der Waals surface area contributed by atoms with Gasteiger partial charge in [-0.2, -0.15) is 0 Å². The molecular weight excluding hydrogens is 634 g/mol. The van der Waals surface area contributed by atoms with Crippen LogP contribution < -0.4 is 5.73 Å². The van der Waals surface area contributed by atoms with E-state index in [1.165, 1.54) is 25.2 Å². The molecular formula is C33H47NO14. The molecule has 8 N–H and O–H groups in total. The number of cyclic esters (lactones) is 1. The first-order valence-corrected chi connectivity index (χ1v) is 15.8. The molecule has 0 spiro atoms. The van der Waals surface area contributed by atoms with Crippen molar-refractivity contribution in [1.29, 1.82) is 0 Å². The van der Waals surface area contributed by atoms with E-state index >= 15 is 0 Å². The van der Waals surface area contributed by atoms with Crippen LogP contribution >= 0.6 is 0 Å². The summed E-state index contributed by atoms with van der Waals surface area (Å²) in [6.07, 6.45) is -0.143. The number of rotatable bonds is 3. The van der Waals surface area contributed by atoms with Gasteiger partial charge in [0.25, 0.3) is 0 Å². The smallest absolute Gasteiger partial charge is 0.459 e.